The van der Waals surface area contributed by atoms with Gasteiger partial charge >= 0.3 is 0 Å². The third-order valence-electron chi connectivity index (χ3n) is 3.53. The molecule has 4 nitrogen and oxygen atoms in total. The summed E-state index contributed by atoms with van der Waals surface area (Å²) in [6, 6.07) is 2.99. The highest BCUT2D eigenvalue weighted by Crippen LogP contribution is 2.34. The maximum atomic E-state index is 13.7. The van der Waals surface area contributed by atoms with Crippen LogP contribution in [0.1, 0.15) is 26.2 Å². The molecule has 1 aromatic carbocycles. The molecule has 0 aliphatic carbocycles. The number of nitrogen functional groups attached to an aromatic ring is 1. The van der Waals surface area contributed by atoms with Crippen LogP contribution in [0.2, 0.25) is 0 Å². The zero-order valence-electron chi connectivity index (χ0n) is 11.2. The summed E-state index contributed by atoms with van der Waals surface area (Å²) in [5.74, 6) is -0.227. The van der Waals surface area contributed by atoms with Crippen molar-refractivity contribution in [1.29, 1.82) is 0 Å². The second-order valence-electron chi connectivity index (χ2n) is 4.80. The first kappa shape index (κ1) is 13.9. The summed E-state index contributed by atoms with van der Waals surface area (Å²) in [5.41, 5.74) is 7.06. The molecule has 1 atom stereocenters. The maximum absolute atomic E-state index is 13.7. The van der Waals surface area contributed by atoms with Gasteiger partial charge in [-0.25, -0.2) is 4.39 Å². The van der Waals surface area contributed by atoms with Crippen molar-refractivity contribution in [3.05, 3.63) is 17.9 Å². The average molecular weight is 268 g/mol. The van der Waals surface area contributed by atoms with Gasteiger partial charge in [-0.1, -0.05) is 0 Å². The van der Waals surface area contributed by atoms with Crippen LogP contribution in [0.3, 0.4) is 0 Å². The van der Waals surface area contributed by atoms with Gasteiger partial charge in [0.2, 0.25) is 0 Å². The van der Waals surface area contributed by atoms with Crippen LogP contribution in [0.25, 0.3) is 0 Å². The van der Waals surface area contributed by atoms with Gasteiger partial charge in [0.15, 0.2) is 11.6 Å². The van der Waals surface area contributed by atoms with E-state index < -0.39 is 5.82 Å². The zero-order valence-corrected chi connectivity index (χ0v) is 11.2. The first-order chi connectivity index (χ1) is 9.17. The van der Waals surface area contributed by atoms with E-state index in [-0.39, 0.29) is 18.4 Å². The largest absolute Gasteiger partial charge is 0.491 e. The molecule has 106 valence electrons. The minimum Gasteiger partial charge on any atom is -0.491 e. The van der Waals surface area contributed by atoms with E-state index in [4.69, 9.17) is 10.5 Å². The fraction of sp³-hybridized carbons (Fsp3) is 0.571. The number of benzene rings is 1. The van der Waals surface area contributed by atoms with Gasteiger partial charge in [-0.15, -0.1) is 0 Å². The third-order valence-corrected chi connectivity index (χ3v) is 3.53. The normalized spacial score (nSPS) is 19.5. The van der Waals surface area contributed by atoms with Gasteiger partial charge in [0.1, 0.15) is 0 Å². The Bertz CT molecular complexity index is 440. The Kier molecular flexibility index (Phi) is 4.47. The molecule has 1 fully saturated rings. The highest BCUT2D eigenvalue weighted by Gasteiger charge is 2.24. The topological polar surface area (TPSA) is 58.7 Å². The Balaban J connectivity index is 2.34. The van der Waals surface area contributed by atoms with Crippen molar-refractivity contribution in [2.75, 3.05) is 30.4 Å². The maximum Gasteiger partial charge on any atom is 0.167 e. The molecule has 0 bridgehead atoms. The molecule has 1 unspecified atom stereocenters. The van der Waals surface area contributed by atoms with Crippen molar-refractivity contribution < 1.29 is 14.2 Å². The zero-order chi connectivity index (χ0) is 13.8. The quantitative estimate of drug-likeness (QED) is 0.822. The fourth-order valence-corrected chi connectivity index (χ4v) is 2.58. The molecule has 1 saturated heterocycles. The Morgan fingerprint density at radius 3 is 2.95 bits per heavy atom. The fourth-order valence-electron chi connectivity index (χ4n) is 2.58. The molecule has 1 heterocycles. The second kappa shape index (κ2) is 6.10. The number of ether oxygens (including phenoxy) is 1. The van der Waals surface area contributed by atoms with Gasteiger partial charge in [0.05, 0.1) is 30.6 Å². The van der Waals surface area contributed by atoms with E-state index in [9.17, 15) is 9.50 Å². The Morgan fingerprint density at radius 1 is 1.47 bits per heavy atom. The van der Waals surface area contributed by atoms with Gasteiger partial charge in [0, 0.05) is 18.7 Å². The van der Waals surface area contributed by atoms with Crippen LogP contribution in [0.15, 0.2) is 12.1 Å². The summed E-state index contributed by atoms with van der Waals surface area (Å²) in [4.78, 5) is 2.06. The molecule has 2 rings (SSSR count). The lowest BCUT2D eigenvalue weighted by Gasteiger charge is -2.37. The molecular weight excluding hydrogens is 247 g/mol. The molecule has 1 aromatic rings. The summed E-state index contributed by atoms with van der Waals surface area (Å²) in [5, 5.41) is 9.45. The number of halogens is 1. The molecule has 0 saturated carbocycles. The van der Waals surface area contributed by atoms with Crippen molar-refractivity contribution in [2.24, 2.45) is 0 Å². The second-order valence-corrected chi connectivity index (χ2v) is 4.80. The Hall–Kier alpha value is -1.49. The SMILES string of the molecule is CCOc1cc(N2CCCCC2CO)c(N)cc1F. The van der Waals surface area contributed by atoms with Gasteiger partial charge in [0.25, 0.3) is 0 Å². The summed E-state index contributed by atoms with van der Waals surface area (Å²) in [6.07, 6.45) is 3.08. The number of nitrogens with zero attached hydrogens (tertiary/aromatic N) is 1. The number of piperidine rings is 1. The minimum absolute atomic E-state index is 0.0518. The van der Waals surface area contributed by atoms with E-state index in [0.717, 1.165) is 31.5 Å². The van der Waals surface area contributed by atoms with Gasteiger partial charge < -0.3 is 20.5 Å². The van der Waals surface area contributed by atoms with Crippen LogP contribution in [0.4, 0.5) is 15.8 Å². The van der Waals surface area contributed by atoms with Crippen molar-refractivity contribution in [1.82, 2.24) is 0 Å². The highest BCUT2D eigenvalue weighted by atomic mass is 19.1. The molecule has 1 aliphatic rings. The van der Waals surface area contributed by atoms with Crippen LogP contribution in [0.5, 0.6) is 5.75 Å². The lowest BCUT2D eigenvalue weighted by molar-refractivity contribution is 0.240. The molecule has 5 heteroatoms. The van der Waals surface area contributed by atoms with Gasteiger partial charge in [-0.2, -0.15) is 0 Å². The summed E-state index contributed by atoms with van der Waals surface area (Å²) in [7, 11) is 0. The Morgan fingerprint density at radius 2 is 2.26 bits per heavy atom. The number of aliphatic hydroxyl groups is 1. The molecule has 0 aromatic heterocycles. The molecule has 0 spiro atoms. The Labute approximate surface area is 113 Å². The average Bonchev–Trinajstić information content (AvgIpc) is 2.42. The van der Waals surface area contributed by atoms with Crippen molar-refractivity contribution in [3.63, 3.8) is 0 Å². The summed E-state index contributed by atoms with van der Waals surface area (Å²) in [6.45, 7) is 3.13. The summed E-state index contributed by atoms with van der Waals surface area (Å²) >= 11 is 0. The molecule has 0 amide bonds. The first-order valence-corrected chi connectivity index (χ1v) is 6.76. The number of aliphatic hydroxyl groups excluding tert-OH is 1. The van der Waals surface area contributed by atoms with Crippen molar-refractivity contribution in [3.8, 4) is 5.75 Å². The van der Waals surface area contributed by atoms with Gasteiger partial charge in [-0.05, 0) is 26.2 Å². The van der Waals surface area contributed by atoms with E-state index in [1.807, 2.05) is 6.92 Å². The molecule has 1 aliphatic heterocycles. The predicted octanol–water partition coefficient (Wildman–Crippen LogP) is 2.16. The van der Waals surface area contributed by atoms with E-state index in [1.165, 1.54) is 6.07 Å². The number of rotatable bonds is 4. The van der Waals surface area contributed by atoms with Crippen LogP contribution in [0, 0.1) is 5.82 Å². The van der Waals surface area contributed by atoms with E-state index in [0.29, 0.717) is 12.3 Å². The molecular formula is C14H21FN2O2. The number of anilines is 2. The van der Waals surface area contributed by atoms with Crippen LogP contribution in [-0.4, -0.2) is 30.9 Å². The van der Waals surface area contributed by atoms with Crippen LogP contribution >= 0.6 is 0 Å². The number of hydrogen-bond donors (Lipinski definition) is 2. The van der Waals surface area contributed by atoms with E-state index in [2.05, 4.69) is 4.90 Å². The van der Waals surface area contributed by atoms with Crippen LogP contribution < -0.4 is 15.4 Å². The minimum atomic E-state index is -0.444. The smallest absolute Gasteiger partial charge is 0.167 e. The van der Waals surface area contributed by atoms with Crippen LogP contribution in [-0.2, 0) is 0 Å². The number of nitrogens with two attached hydrogens (primary N) is 1. The standard InChI is InChI=1S/C14H21FN2O2/c1-2-19-14-8-13(12(16)7-11(14)15)17-6-4-3-5-10(17)9-18/h7-8,10,18H,2-6,9,16H2,1H3. The summed E-state index contributed by atoms with van der Waals surface area (Å²) < 4.78 is 19.0. The molecule has 19 heavy (non-hydrogen) atoms. The van der Waals surface area contributed by atoms with Gasteiger partial charge in [-0.3, -0.25) is 0 Å². The number of hydrogen-bond acceptors (Lipinski definition) is 4. The third kappa shape index (κ3) is 2.92. The first-order valence-electron chi connectivity index (χ1n) is 6.76. The predicted molar refractivity (Wildman–Crippen MR) is 74.1 cm³/mol. The monoisotopic (exact) mass is 268 g/mol. The molecule has 3 N–H and O–H groups in total. The lowest BCUT2D eigenvalue weighted by Crippen LogP contribution is -2.42. The van der Waals surface area contributed by atoms with Crippen molar-refractivity contribution in [2.45, 2.75) is 32.2 Å². The highest BCUT2D eigenvalue weighted by molar-refractivity contribution is 5.70. The lowest BCUT2D eigenvalue weighted by atomic mass is 10.0. The van der Waals surface area contributed by atoms with E-state index in [1.54, 1.807) is 6.07 Å². The molecule has 0 radical (unpaired) electrons. The van der Waals surface area contributed by atoms with E-state index >= 15 is 0 Å². The van der Waals surface area contributed by atoms with Crippen molar-refractivity contribution >= 4 is 11.4 Å².